The Morgan fingerprint density at radius 1 is 1.26 bits per heavy atom. The first kappa shape index (κ1) is 15.4. The quantitative estimate of drug-likeness (QED) is 0.654. The van der Waals surface area contributed by atoms with E-state index in [2.05, 4.69) is 17.4 Å². The van der Waals surface area contributed by atoms with Gasteiger partial charge in [-0.25, -0.2) is 4.79 Å². The fraction of sp³-hybridized carbons (Fsp3) is 0.438. The lowest BCUT2D eigenvalue weighted by molar-refractivity contribution is -0.148. The fourth-order valence-corrected chi connectivity index (χ4v) is 1.58. The van der Waals surface area contributed by atoms with E-state index in [1.54, 1.807) is 6.08 Å². The second-order valence-electron chi connectivity index (χ2n) is 5.61. The third-order valence-corrected chi connectivity index (χ3v) is 2.35. The average Bonchev–Trinajstić information content (AvgIpc) is 2.27. The fourth-order valence-electron chi connectivity index (χ4n) is 1.58. The van der Waals surface area contributed by atoms with Crippen molar-refractivity contribution in [2.75, 3.05) is 6.54 Å². The van der Waals surface area contributed by atoms with Gasteiger partial charge in [-0.2, -0.15) is 0 Å². The number of esters is 1. The van der Waals surface area contributed by atoms with E-state index in [1.807, 2.05) is 45.9 Å². The summed E-state index contributed by atoms with van der Waals surface area (Å²) in [6.07, 6.45) is 1.54. The summed E-state index contributed by atoms with van der Waals surface area (Å²) in [4.78, 5) is 11.6. The van der Waals surface area contributed by atoms with E-state index in [4.69, 9.17) is 4.74 Å². The molecule has 0 unspecified atom stereocenters. The minimum Gasteiger partial charge on any atom is -0.457 e. The van der Waals surface area contributed by atoms with Crippen LogP contribution in [0.3, 0.4) is 0 Å². The minimum atomic E-state index is -0.439. The molecule has 0 atom stereocenters. The lowest BCUT2D eigenvalue weighted by Gasteiger charge is -2.18. The van der Waals surface area contributed by atoms with Gasteiger partial charge in [-0.1, -0.05) is 35.9 Å². The molecule has 1 rings (SSSR count). The van der Waals surface area contributed by atoms with Crippen molar-refractivity contribution in [3.63, 3.8) is 0 Å². The molecular weight excluding hydrogens is 238 g/mol. The van der Waals surface area contributed by atoms with Gasteiger partial charge >= 0.3 is 5.97 Å². The van der Waals surface area contributed by atoms with Crippen molar-refractivity contribution in [2.45, 2.75) is 39.8 Å². The van der Waals surface area contributed by atoms with E-state index in [0.29, 0.717) is 6.54 Å². The number of ether oxygens (including phenoxy) is 1. The lowest BCUT2D eigenvalue weighted by Crippen LogP contribution is -2.23. The van der Waals surface area contributed by atoms with Crippen LogP contribution in [-0.2, 0) is 16.1 Å². The molecule has 1 aromatic carbocycles. The molecule has 0 aliphatic carbocycles. The molecule has 0 saturated carbocycles. The highest BCUT2D eigenvalue weighted by Crippen LogP contribution is 2.08. The predicted octanol–water partition coefficient (Wildman–Crippen LogP) is 3.06. The summed E-state index contributed by atoms with van der Waals surface area (Å²) in [6.45, 7) is 8.97. The van der Waals surface area contributed by atoms with Gasteiger partial charge in [0.25, 0.3) is 0 Å². The summed E-state index contributed by atoms with van der Waals surface area (Å²) < 4.78 is 5.23. The Labute approximate surface area is 115 Å². The number of hydrogen-bond donors (Lipinski definition) is 1. The van der Waals surface area contributed by atoms with Gasteiger partial charge in [-0.05, 0) is 33.3 Å². The molecule has 0 heterocycles. The van der Waals surface area contributed by atoms with Crippen LogP contribution in [-0.4, -0.2) is 18.1 Å². The summed E-state index contributed by atoms with van der Waals surface area (Å²) in [5.74, 6) is -0.286. The van der Waals surface area contributed by atoms with Crippen LogP contribution in [0, 0.1) is 0 Å². The number of nitrogens with one attached hydrogen (secondary N) is 1. The molecular formula is C16H23NO2. The highest BCUT2D eigenvalue weighted by molar-refractivity contribution is 5.83. The van der Waals surface area contributed by atoms with Crippen LogP contribution in [0.2, 0.25) is 0 Å². The van der Waals surface area contributed by atoms with Crippen LogP contribution in [0.25, 0.3) is 0 Å². The number of carbonyl (C=O) groups excluding carboxylic acids is 1. The van der Waals surface area contributed by atoms with Crippen LogP contribution >= 0.6 is 0 Å². The highest BCUT2D eigenvalue weighted by atomic mass is 16.6. The Kier molecular flexibility index (Phi) is 5.77. The second-order valence-corrected chi connectivity index (χ2v) is 5.61. The van der Waals surface area contributed by atoms with E-state index in [-0.39, 0.29) is 5.97 Å². The molecule has 3 nitrogen and oxygen atoms in total. The predicted molar refractivity (Wildman–Crippen MR) is 77.8 cm³/mol. The normalized spacial score (nSPS) is 12.3. The lowest BCUT2D eigenvalue weighted by atomic mass is 10.2. The van der Waals surface area contributed by atoms with Crippen LogP contribution < -0.4 is 5.32 Å². The Morgan fingerprint density at radius 3 is 2.47 bits per heavy atom. The maximum absolute atomic E-state index is 11.6. The Balaban J connectivity index is 2.34. The zero-order chi connectivity index (χ0) is 14.3. The van der Waals surface area contributed by atoms with Crippen LogP contribution in [0.1, 0.15) is 33.3 Å². The van der Waals surface area contributed by atoms with E-state index in [0.717, 1.165) is 12.1 Å². The van der Waals surface area contributed by atoms with E-state index >= 15 is 0 Å². The molecule has 19 heavy (non-hydrogen) atoms. The van der Waals surface area contributed by atoms with E-state index < -0.39 is 5.60 Å². The molecule has 0 radical (unpaired) electrons. The smallest absolute Gasteiger partial charge is 0.331 e. The first-order chi connectivity index (χ1) is 8.87. The van der Waals surface area contributed by atoms with Gasteiger partial charge in [0.15, 0.2) is 0 Å². The topological polar surface area (TPSA) is 38.3 Å². The number of carbonyl (C=O) groups is 1. The van der Waals surface area contributed by atoms with Crippen LogP contribution in [0.4, 0.5) is 0 Å². The SMILES string of the molecule is C/C(=C\C(=O)OC(C)(C)C)CNCc1ccccc1. The summed E-state index contributed by atoms with van der Waals surface area (Å²) in [5.41, 5.74) is 1.75. The Hall–Kier alpha value is -1.61. The molecule has 0 spiro atoms. The van der Waals surface area contributed by atoms with E-state index in [1.165, 1.54) is 5.56 Å². The number of benzene rings is 1. The maximum Gasteiger partial charge on any atom is 0.331 e. The second kappa shape index (κ2) is 7.10. The largest absolute Gasteiger partial charge is 0.457 e. The van der Waals surface area contributed by atoms with Crippen molar-refractivity contribution in [3.8, 4) is 0 Å². The van der Waals surface area contributed by atoms with Gasteiger partial charge in [0.2, 0.25) is 0 Å². The Morgan fingerprint density at radius 2 is 1.89 bits per heavy atom. The molecule has 0 aliphatic heterocycles. The first-order valence-corrected chi connectivity index (χ1v) is 6.51. The summed E-state index contributed by atoms with van der Waals surface area (Å²) in [5, 5.41) is 3.29. The molecule has 0 aromatic heterocycles. The average molecular weight is 261 g/mol. The van der Waals surface area contributed by atoms with Crippen molar-refractivity contribution in [3.05, 3.63) is 47.5 Å². The van der Waals surface area contributed by atoms with Crippen molar-refractivity contribution < 1.29 is 9.53 Å². The van der Waals surface area contributed by atoms with Crippen molar-refractivity contribution in [2.24, 2.45) is 0 Å². The summed E-state index contributed by atoms with van der Waals surface area (Å²) >= 11 is 0. The van der Waals surface area contributed by atoms with Gasteiger partial charge in [0, 0.05) is 19.2 Å². The van der Waals surface area contributed by atoms with Gasteiger partial charge in [-0.3, -0.25) is 0 Å². The first-order valence-electron chi connectivity index (χ1n) is 6.51. The molecule has 3 heteroatoms. The highest BCUT2D eigenvalue weighted by Gasteiger charge is 2.14. The standard InChI is InChI=1S/C16H23NO2/c1-13(10-15(18)19-16(2,3)4)11-17-12-14-8-6-5-7-9-14/h5-10,17H,11-12H2,1-4H3/b13-10+. The van der Waals surface area contributed by atoms with Gasteiger partial charge in [-0.15, -0.1) is 0 Å². The van der Waals surface area contributed by atoms with Gasteiger partial charge in [0.1, 0.15) is 5.60 Å². The van der Waals surface area contributed by atoms with Crippen LogP contribution in [0.5, 0.6) is 0 Å². The molecule has 0 fully saturated rings. The van der Waals surface area contributed by atoms with E-state index in [9.17, 15) is 4.79 Å². The number of hydrogen-bond acceptors (Lipinski definition) is 3. The molecule has 1 aromatic rings. The van der Waals surface area contributed by atoms with Gasteiger partial charge < -0.3 is 10.1 Å². The molecule has 0 bridgehead atoms. The zero-order valence-electron chi connectivity index (χ0n) is 12.2. The number of rotatable bonds is 5. The third-order valence-electron chi connectivity index (χ3n) is 2.35. The molecule has 0 saturated heterocycles. The summed E-state index contributed by atoms with van der Waals surface area (Å²) in [7, 11) is 0. The van der Waals surface area contributed by atoms with Crippen molar-refractivity contribution in [1.82, 2.24) is 5.32 Å². The monoisotopic (exact) mass is 261 g/mol. The molecule has 1 N–H and O–H groups in total. The summed E-state index contributed by atoms with van der Waals surface area (Å²) in [6, 6.07) is 10.2. The minimum absolute atomic E-state index is 0.286. The van der Waals surface area contributed by atoms with Crippen molar-refractivity contribution >= 4 is 5.97 Å². The zero-order valence-corrected chi connectivity index (χ0v) is 12.2. The Bertz CT molecular complexity index is 430. The molecule has 104 valence electrons. The van der Waals surface area contributed by atoms with Crippen LogP contribution in [0.15, 0.2) is 42.0 Å². The van der Waals surface area contributed by atoms with Crippen molar-refractivity contribution in [1.29, 1.82) is 0 Å². The molecule has 0 aliphatic rings. The molecule has 0 amide bonds. The van der Waals surface area contributed by atoms with Gasteiger partial charge in [0.05, 0.1) is 0 Å². The third kappa shape index (κ3) is 7.42. The maximum atomic E-state index is 11.6.